The van der Waals surface area contributed by atoms with Crippen LogP contribution < -0.4 is 10.5 Å². The van der Waals surface area contributed by atoms with Gasteiger partial charge in [0.25, 0.3) is 0 Å². The maximum Gasteiger partial charge on any atom is 0.241 e. The van der Waals surface area contributed by atoms with Crippen LogP contribution in [0.4, 0.5) is 5.69 Å². The molecule has 1 fully saturated rings. The second kappa shape index (κ2) is 6.03. The third kappa shape index (κ3) is 3.54. The molecule has 0 spiro atoms. The van der Waals surface area contributed by atoms with Gasteiger partial charge in [0.05, 0.1) is 4.90 Å². The van der Waals surface area contributed by atoms with Crippen molar-refractivity contribution in [2.45, 2.75) is 50.5 Å². The molecule has 1 aromatic rings. The Kier molecular flexibility index (Phi) is 4.76. The number of anilines is 1. The maximum atomic E-state index is 12.5. The Balaban J connectivity index is 2.20. The zero-order valence-electron chi connectivity index (χ0n) is 11.8. The average molecular weight is 361 g/mol. The lowest BCUT2D eigenvalue weighted by molar-refractivity contribution is 0.332. The molecule has 0 unspecified atom stereocenters. The van der Waals surface area contributed by atoms with E-state index in [0.717, 1.165) is 30.2 Å². The Morgan fingerprint density at radius 3 is 2.45 bits per heavy atom. The second-order valence-corrected chi connectivity index (χ2v) is 8.25. The minimum atomic E-state index is -3.50. The molecule has 20 heavy (non-hydrogen) atoms. The molecule has 2 rings (SSSR count). The van der Waals surface area contributed by atoms with Crippen LogP contribution in [0.1, 0.15) is 38.2 Å². The first-order chi connectivity index (χ1) is 9.29. The van der Waals surface area contributed by atoms with E-state index in [2.05, 4.69) is 27.6 Å². The number of hydrogen-bond acceptors (Lipinski definition) is 3. The van der Waals surface area contributed by atoms with E-state index in [9.17, 15) is 8.42 Å². The summed E-state index contributed by atoms with van der Waals surface area (Å²) in [6, 6.07) is 3.31. The van der Waals surface area contributed by atoms with Crippen LogP contribution in [0.2, 0.25) is 0 Å². The zero-order chi connectivity index (χ0) is 14.9. The standard InChI is InChI=1S/C14H21BrN2O2S/c1-9-3-5-11(6-4-9)17-20(18,19)14-8-13(16)12(15)7-10(14)2/h7-9,11,17H,3-6,16H2,1-2H3. The van der Waals surface area contributed by atoms with E-state index in [1.807, 2.05) is 0 Å². The van der Waals surface area contributed by atoms with E-state index < -0.39 is 10.0 Å². The van der Waals surface area contributed by atoms with Crippen LogP contribution in [-0.4, -0.2) is 14.5 Å². The minimum Gasteiger partial charge on any atom is -0.398 e. The van der Waals surface area contributed by atoms with Crippen LogP contribution in [-0.2, 0) is 10.0 Å². The molecule has 3 N–H and O–H groups in total. The summed E-state index contributed by atoms with van der Waals surface area (Å²) in [5.41, 5.74) is 6.93. The Morgan fingerprint density at radius 1 is 1.25 bits per heavy atom. The van der Waals surface area contributed by atoms with Crippen molar-refractivity contribution in [3.05, 3.63) is 22.2 Å². The predicted octanol–water partition coefficient (Wildman–Crippen LogP) is 3.20. The summed E-state index contributed by atoms with van der Waals surface area (Å²) in [5.74, 6) is 0.695. The molecule has 0 atom stereocenters. The molecular formula is C14H21BrN2O2S. The number of nitrogen functional groups attached to an aromatic ring is 1. The molecular weight excluding hydrogens is 340 g/mol. The summed E-state index contributed by atoms with van der Waals surface area (Å²) in [4.78, 5) is 0.275. The highest BCUT2D eigenvalue weighted by molar-refractivity contribution is 9.10. The van der Waals surface area contributed by atoms with Crippen molar-refractivity contribution < 1.29 is 8.42 Å². The van der Waals surface area contributed by atoms with Crippen molar-refractivity contribution in [1.29, 1.82) is 0 Å². The third-order valence-corrected chi connectivity index (χ3v) is 6.27. The molecule has 0 aromatic heterocycles. The van der Waals surface area contributed by atoms with Gasteiger partial charge in [-0.15, -0.1) is 0 Å². The van der Waals surface area contributed by atoms with Gasteiger partial charge in [-0.2, -0.15) is 0 Å². The van der Waals surface area contributed by atoms with Gasteiger partial charge in [0.2, 0.25) is 10.0 Å². The molecule has 1 aliphatic rings. The fraction of sp³-hybridized carbons (Fsp3) is 0.571. The van der Waals surface area contributed by atoms with Gasteiger partial charge < -0.3 is 5.73 Å². The SMILES string of the molecule is Cc1cc(Br)c(N)cc1S(=O)(=O)NC1CCC(C)CC1. The van der Waals surface area contributed by atoms with Crippen LogP contribution >= 0.6 is 15.9 Å². The maximum absolute atomic E-state index is 12.5. The first kappa shape index (κ1) is 15.8. The Labute approximate surface area is 129 Å². The van der Waals surface area contributed by atoms with Crippen molar-refractivity contribution in [3.8, 4) is 0 Å². The molecule has 1 aromatic carbocycles. The van der Waals surface area contributed by atoms with Crippen molar-refractivity contribution in [1.82, 2.24) is 4.72 Å². The lowest BCUT2D eigenvalue weighted by Crippen LogP contribution is -2.37. The van der Waals surface area contributed by atoms with E-state index in [1.54, 1.807) is 13.0 Å². The summed E-state index contributed by atoms with van der Waals surface area (Å²) < 4.78 is 28.5. The second-order valence-electron chi connectivity index (χ2n) is 5.72. The van der Waals surface area contributed by atoms with Gasteiger partial charge in [0.1, 0.15) is 0 Å². The van der Waals surface area contributed by atoms with Crippen LogP contribution in [0.3, 0.4) is 0 Å². The molecule has 0 radical (unpaired) electrons. The van der Waals surface area contributed by atoms with Crippen LogP contribution in [0, 0.1) is 12.8 Å². The van der Waals surface area contributed by atoms with Crippen molar-refractivity contribution >= 4 is 31.6 Å². The number of benzene rings is 1. The summed E-state index contributed by atoms with van der Waals surface area (Å²) >= 11 is 3.31. The van der Waals surface area contributed by atoms with Gasteiger partial charge in [-0.05, 0) is 72.2 Å². The number of halogens is 1. The molecule has 1 saturated carbocycles. The van der Waals surface area contributed by atoms with Gasteiger partial charge in [-0.1, -0.05) is 6.92 Å². The molecule has 0 bridgehead atoms. The molecule has 6 heteroatoms. The van der Waals surface area contributed by atoms with Crippen LogP contribution in [0.25, 0.3) is 0 Å². The van der Waals surface area contributed by atoms with Crippen molar-refractivity contribution in [2.24, 2.45) is 5.92 Å². The highest BCUT2D eigenvalue weighted by Gasteiger charge is 2.25. The normalized spacial score (nSPS) is 23.8. The molecule has 4 nitrogen and oxygen atoms in total. The van der Waals surface area contributed by atoms with E-state index in [1.165, 1.54) is 6.07 Å². The van der Waals surface area contributed by atoms with Gasteiger partial charge in [0, 0.05) is 16.2 Å². The summed E-state index contributed by atoms with van der Waals surface area (Å²) in [6.45, 7) is 3.99. The third-order valence-electron chi connectivity index (χ3n) is 3.92. The quantitative estimate of drug-likeness (QED) is 0.812. The Bertz CT molecular complexity index is 593. The van der Waals surface area contributed by atoms with Crippen LogP contribution in [0.5, 0.6) is 0 Å². The highest BCUT2D eigenvalue weighted by Crippen LogP contribution is 2.28. The molecule has 0 aliphatic heterocycles. The molecule has 1 aliphatic carbocycles. The lowest BCUT2D eigenvalue weighted by Gasteiger charge is -2.27. The van der Waals surface area contributed by atoms with Gasteiger partial charge >= 0.3 is 0 Å². The predicted molar refractivity (Wildman–Crippen MR) is 85.0 cm³/mol. The van der Waals surface area contributed by atoms with Gasteiger partial charge in [-0.25, -0.2) is 13.1 Å². The Hall–Kier alpha value is -0.590. The van der Waals surface area contributed by atoms with Gasteiger partial charge in [-0.3, -0.25) is 0 Å². The highest BCUT2D eigenvalue weighted by atomic mass is 79.9. The fourth-order valence-corrected chi connectivity index (χ4v) is 4.64. The first-order valence-corrected chi connectivity index (χ1v) is 9.15. The molecule has 112 valence electrons. The molecule has 0 heterocycles. The van der Waals surface area contributed by atoms with Crippen molar-refractivity contribution in [3.63, 3.8) is 0 Å². The smallest absolute Gasteiger partial charge is 0.241 e. The number of rotatable bonds is 3. The summed E-state index contributed by atoms with van der Waals surface area (Å²) in [6.07, 6.45) is 3.97. The van der Waals surface area contributed by atoms with Crippen molar-refractivity contribution in [2.75, 3.05) is 5.73 Å². The topological polar surface area (TPSA) is 72.2 Å². The largest absolute Gasteiger partial charge is 0.398 e. The monoisotopic (exact) mass is 360 g/mol. The average Bonchev–Trinajstić information content (AvgIpc) is 2.36. The van der Waals surface area contributed by atoms with E-state index in [4.69, 9.17) is 5.73 Å². The summed E-state index contributed by atoms with van der Waals surface area (Å²) in [7, 11) is -3.50. The van der Waals surface area contributed by atoms with Gasteiger partial charge in [0.15, 0.2) is 0 Å². The first-order valence-electron chi connectivity index (χ1n) is 6.87. The lowest BCUT2D eigenvalue weighted by atomic mass is 9.88. The van der Waals surface area contributed by atoms with E-state index in [-0.39, 0.29) is 10.9 Å². The number of hydrogen-bond donors (Lipinski definition) is 2. The number of aryl methyl sites for hydroxylation is 1. The van der Waals surface area contributed by atoms with E-state index >= 15 is 0 Å². The molecule has 0 amide bonds. The van der Waals surface area contributed by atoms with E-state index in [0.29, 0.717) is 17.2 Å². The van der Waals surface area contributed by atoms with Crippen LogP contribution in [0.15, 0.2) is 21.5 Å². The summed E-state index contributed by atoms with van der Waals surface area (Å²) in [5, 5.41) is 0. The fourth-order valence-electron chi connectivity index (χ4n) is 2.62. The number of nitrogens with two attached hydrogens (primary N) is 1. The molecule has 0 saturated heterocycles. The minimum absolute atomic E-state index is 0.0421. The Morgan fingerprint density at radius 2 is 1.85 bits per heavy atom. The number of nitrogens with one attached hydrogen (secondary N) is 1. The number of sulfonamides is 1. The zero-order valence-corrected chi connectivity index (χ0v) is 14.2.